The smallest absolute Gasteiger partial charge is 0.276 e. The van der Waals surface area contributed by atoms with Crippen molar-refractivity contribution in [2.24, 2.45) is 0 Å². The van der Waals surface area contributed by atoms with Gasteiger partial charge in [-0.25, -0.2) is 4.68 Å². The van der Waals surface area contributed by atoms with E-state index in [1.807, 2.05) is 37.3 Å². The number of hydrogen-bond donors (Lipinski definition) is 1. The summed E-state index contributed by atoms with van der Waals surface area (Å²) in [6, 6.07) is 14.4. The fourth-order valence-corrected chi connectivity index (χ4v) is 3.88. The van der Waals surface area contributed by atoms with Crippen LogP contribution >= 0.6 is 11.6 Å². The summed E-state index contributed by atoms with van der Waals surface area (Å²) in [6.07, 6.45) is -0.213. The van der Waals surface area contributed by atoms with Crippen LogP contribution in [0.1, 0.15) is 29.0 Å². The predicted molar refractivity (Wildman–Crippen MR) is 120 cm³/mol. The number of rotatable bonds is 5. The van der Waals surface area contributed by atoms with Crippen LogP contribution in [0.15, 0.2) is 48.5 Å². The average molecular weight is 457 g/mol. The first-order valence-electron chi connectivity index (χ1n) is 10.4. The molecule has 0 radical (unpaired) electrons. The van der Waals surface area contributed by atoms with Crippen molar-refractivity contribution >= 4 is 17.5 Å². The number of nitrogens with zero attached hydrogens (tertiary/aromatic N) is 4. The summed E-state index contributed by atoms with van der Waals surface area (Å²) < 4.78 is 12.9. The molecule has 0 spiro atoms. The van der Waals surface area contributed by atoms with Crippen LogP contribution in [0, 0.1) is 6.92 Å². The van der Waals surface area contributed by atoms with Gasteiger partial charge >= 0.3 is 0 Å². The minimum Gasteiger partial charge on any atom is -0.497 e. The molecule has 2 aromatic carbocycles. The van der Waals surface area contributed by atoms with Crippen LogP contribution in [0.25, 0.3) is 5.69 Å². The molecule has 0 aliphatic carbocycles. The van der Waals surface area contributed by atoms with Gasteiger partial charge in [-0.15, -0.1) is 5.10 Å². The summed E-state index contributed by atoms with van der Waals surface area (Å²) in [7, 11) is 1.59. The van der Waals surface area contributed by atoms with Crippen molar-refractivity contribution in [3.05, 3.63) is 64.9 Å². The van der Waals surface area contributed by atoms with Crippen molar-refractivity contribution in [2.45, 2.75) is 32.0 Å². The number of halogens is 1. The standard InChI is InChI=1S/C23H25ClN4O4/c1-15-22(25-26-28(15)17-8-6-16(24)7-9-17)23(30)27-12-10-20(29)21(11-13-27)32-19-5-3-4-18(14-19)31-2/h3-9,14,20-21,29H,10-13H2,1-2H3/t20-,21-/m0/s1. The number of aliphatic hydroxyl groups is 1. The first kappa shape index (κ1) is 22.1. The minimum atomic E-state index is -0.690. The zero-order valence-electron chi connectivity index (χ0n) is 17.9. The molecule has 0 bridgehead atoms. The Balaban J connectivity index is 1.46. The quantitative estimate of drug-likeness (QED) is 0.633. The molecule has 1 aliphatic heterocycles. The Morgan fingerprint density at radius 1 is 1.12 bits per heavy atom. The number of amides is 1. The molecular formula is C23H25ClN4O4. The van der Waals surface area contributed by atoms with Crippen molar-refractivity contribution in [3.63, 3.8) is 0 Å². The van der Waals surface area contributed by atoms with Gasteiger partial charge in [-0.3, -0.25) is 4.79 Å². The number of benzene rings is 2. The molecule has 1 saturated heterocycles. The van der Waals surface area contributed by atoms with Crippen molar-refractivity contribution in [1.29, 1.82) is 0 Å². The molecule has 3 aromatic rings. The summed E-state index contributed by atoms with van der Waals surface area (Å²) >= 11 is 5.96. The lowest BCUT2D eigenvalue weighted by Gasteiger charge is -2.22. The van der Waals surface area contributed by atoms with Gasteiger partial charge in [0.15, 0.2) is 5.69 Å². The van der Waals surface area contributed by atoms with Gasteiger partial charge in [-0.05, 0) is 49.7 Å². The summed E-state index contributed by atoms with van der Waals surface area (Å²) in [6.45, 7) is 2.66. The van der Waals surface area contributed by atoms with E-state index in [2.05, 4.69) is 10.3 Å². The highest BCUT2D eigenvalue weighted by Crippen LogP contribution is 2.24. The zero-order chi connectivity index (χ0) is 22.7. The highest BCUT2D eigenvalue weighted by Gasteiger charge is 2.31. The number of aromatic nitrogens is 3. The van der Waals surface area contributed by atoms with Gasteiger partial charge in [-0.1, -0.05) is 22.9 Å². The molecule has 1 aromatic heterocycles. The fraction of sp³-hybridized carbons (Fsp3) is 0.348. The number of methoxy groups -OCH3 is 1. The predicted octanol–water partition coefficient (Wildman–Crippen LogP) is 3.28. The number of likely N-dealkylation sites (tertiary alicyclic amines) is 1. The van der Waals surface area contributed by atoms with E-state index in [1.54, 1.807) is 34.9 Å². The normalized spacial score (nSPS) is 18.8. The second kappa shape index (κ2) is 9.58. The monoisotopic (exact) mass is 456 g/mol. The Labute approximate surface area is 191 Å². The SMILES string of the molecule is COc1cccc(O[C@H]2CCN(C(=O)c3nnn(-c4ccc(Cl)cc4)c3C)CC[C@@H]2O)c1. The summed E-state index contributed by atoms with van der Waals surface area (Å²) in [5.74, 6) is 1.09. The minimum absolute atomic E-state index is 0.211. The molecule has 0 unspecified atom stereocenters. The van der Waals surface area contributed by atoms with Crippen LogP contribution in [-0.2, 0) is 0 Å². The largest absolute Gasteiger partial charge is 0.497 e. The molecule has 1 N–H and O–H groups in total. The Hall–Kier alpha value is -3.10. The van der Waals surface area contributed by atoms with E-state index in [-0.39, 0.29) is 5.91 Å². The molecule has 1 fully saturated rings. The molecule has 2 atom stereocenters. The zero-order valence-corrected chi connectivity index (χ0v) is 18.7. The van der Waals surface area contributed by atoms with Crippen molar-refractivity contribution < 1.29 is 19.4 Å². The maximum atomic E-state index is 13.2. The molecule has 9 heteroatoms. The molecule has 1 amide bonds. The van der Waals surface area contributed by atoms with Crippen molar-refractivity contribution in [1.82, 2.24) is 19.9 Å². The van der Waals surface area contributed by atoms with Gasteiger partial charge in [0.25, 0.3) is 5.91 Å². The Morgan fingerprint density at radius 2 is 1.84 bits per heavy atom. The van der Waals surface area contributed by atoms with E-state index in [9.17, 15) is 9.90 Å². The number of ether oxygens (including phenoxy) is 2. The summed E-state index contributed by atoms with van der Waals surface area (Å²) in [5.41, 5.74) is 1.71. The van der Waals surface area contributed by atoms with Crippen LogP contribution in [0.4, 0.5) is 0 Å². The number of aliphatic hydroxyl groups excluding tert-OH is 1. The molecule has 0 saturated carbocycles. The Morgan fingerprint density at radius 3 is 2.59 bits per heavy atom. The van der Waals surface area contributed by atoms with Crippen molar-refractivity contribution in [3.8, 4) is 17.2 Å². The maximum Gasteiger partial charge on any atom is 0.276 e. The molecule has 4 rings (SSSR count). The molecule has 2 heterocycles. The second-order valence-corrected chi connectivity index (χ2v) is 8.12. The second-order valence-electron chi connectivity index (χ2n) is 7.68. The third-order valence-electron chi connectivity index (χ3n) is 5.59. The van der Waals surface area contributed by atoms with E-state index >= 15 is 0 Å². The maximum absolute atomic E-state index is 13.2. The first-order valence-corrected chi connectivity index (χ1v) is 10.8. The average Bonchev–Trinajstić information content (AvgIpc) is 3.09. The van der Waals surface area contributed by atoms with Gasteiger partial charge in [0.1, 0.15) is 17.6 Å². The topological polar surface area (TPSA) is 89.7 Å². The lowest BCUT2D eigenvalue weighted by Crippen LogP contribution is -2.33. The molecule has 1 aliphatic rings. The first-order chi connectivity index (χ1) is 15.5. The molecule has 32 heavy (non-hydrogen) atoms. The van der Waals surface area contributed by atoms with Gasteiger partial charge < -0.3 is 19.5 Å². The summed E-state index contributed by atoms with van der Waals surface area (Å²) in [5, 5.41) is 19.5. The van der Waals surface area contributed by atoms with E-state index in [4.69, 9.17) is 21.1 Å². The van der Waals surface area contributed by atoms with Gasteiger partial charge in [0, 0.05) is 30.6 Å². The number of carbonyl (C=O) groups excluding carboxylic acids is 1. The molecule has 8 nitrogen and oxygen atoms in total. The van der Waals surface area contributed by atoms with Crippen molar-refractivity contribution in [2.75, 3.05) is 20.2 Å². The van der Waals surface area contributed by atoms with E-state index in [0.29, 0.717) is 53.8 Å². The van der Waals surface area contributed by atoms with Gasteiger partial charge in [0.2, 0.25) is 0 Å². The van der Waals surface area contributed by atoms with Crippen LogP contribution in [-0.4, -0.2) is 63.3 Å². The lowest BCUT2D eigenvalue weighted by atomic mass is 10.1. The highest BCUT2D eigenvalue weighted by molar-refractivity contribution is 6.30. The Kier molecular flexibility index (Phi) is 6.62. The third-order valence-corrected chi connectivity index (χ3v) is 5.84. The molecule has 168 valence electrons. The van der Waals surface area contributed by atoms with Gasteiger partial charge in [-0.2, -0.15) is 0 Å². The van der Waals surface area contributed by atoms with Crippen LogP contribution < -0.4 is 9.47 Å². The van der Waals surface area contributed by atoms with Gasteiger partial charge in [0.05, 0.1) is 24.6 Å². The highest BCUT2D eigenvalue weighted by atomic mass is 35.5. The lowest BCUT2D eigenvalue weighted by molar-refractivity contribution is 0.0349. The summed E-state index contributed by atoms with van der Waals surface area (Å²) in [4.78, 5) is 14.9. The van der Waals surface area contributed by atoms with Crippen LogP contribution in [0.5, 0.6) is 11.5 Å². The van der Waals surface area contributed by atoms with E-state index < -0.39 is 12.2 Å². The van der Waals surface area contributed by atoms with E-state index in [0.717, 1.165) is 5.69 Å². The van der Waals surface area contributed by atoms with E-state index in [1.165, 1.54) is 0 Å². The molecular weight excluding hydrogens is 432 g/mol. The third kappa shape index (κ3) is 4.71. The van der Waals surface area contributed by atoms with Crippen LogP contribution in [0.3, 0.4) is 0 Å². The number of hydrogen-bond acceptors (Lipinski definition) is 6. The Bertz CT molecular complexity index is 1090. The fourth-order valence-electron chi connectivity index (χ4n) is 3.76. The number of carbonyl (C=O) groups is 1. The van der Waals surface area contributed by atoms with Crippen LogP contribution in [0.2, 0.25) is 5.02 Å².